The molecule has 0 spiro atoms. The molecule has 1 saturated heterocycles. The van der Waals surface area contributed by atoms with Crippen LogP contribution in [0, 0.1) is 0 Å². The lowest BCUT2D eigenvalue weighted by molar-refractivity contribution is 0.0609. The zero-order valence-corrected chi connectivity index (χ0v) is 17.4. The summed E-state index contributed by atoms with van der Waals surface area (Å²) >= 11 is 5.93. The Morgan fingerprint density at radius 2 is 1.71 bits per heavy atom. The molecule has 0 atom stereocenters. The molecule has 156 valence electrons. The van der Waals surface area contributed by atoms with Crippen LogP contribution in [0.5, 0.6) is 0 Å². The molecule has 9 heteroatoms. The monoisotopic (exact) mass is 434 g/mol. The van der Waals surface area contributed by atoms with Crippen molar-refractivity contribution in [3.63, 3.8) is 0 Å². The van der Waals surface area contributed by atoms with E-state index in [1.54, 1.807) is 18.3 Å². The van der Waals surface area contributed by atoms with Crippen LogP contribution < -0.4 is 0 Å². The predicted octanol–water partition coefficient (Wildman–Crippen LogP) is 3.29. The van der Waals surface area contributed by atoms with E-state index in [1.807, 2.05) is 41.3 Å². The summed E-state index contributed by atoms with van der Waals surface area (Å²) in [6.07, 6.45) is 1.55. The highest BCUT2D eigenvalue weighted by molar-refractivity contribution is 6.30. The Labute approximate surface area is 183 Å². The standard InChI is InChI=1S/C22H19ClN6O2/c23-16-7-5-15(6-8-16)21-26-20(31-27-21)14-28-9-11-29(12-10-28)22(30)19-13-24-17-3-1-2-4-18(17)25-19/h1-8,13H,9-12,14H2. The molecule has 4 aromatic rings. The van der Waals surface area contributed by atoms with E-state index in [4.69, 9.17) is 16.1 Å². The average Bonchev–Trinajstić information content (AvgIpc) is 3.27. The predicted molar refractivity (Wildman–Crippen MR) is 115 cm³/mol. The number of hydrogen-bond donors (Lipinski definition) is 0. The molecule has 1 fully saturated rings. The fourth-order valence-electron chi connectivity index (χ4n) is 3.56. The molecule has 5 rings (SSSR count). The first-order chi connectivity index (χ1) is 15.2. The first-order valence-corrected chi connectivity index (χ1v) is 10.4. The van der Waals surface area contributed by atoms with Gasteiger partial charge in [0, 0.05) is 36.8 Å². The Kier molecular flexibility index (Phi) is 5.31. The zero-order valence-electron chi connectivity index (χ0n) is 16.6. The van der Waals surface area contributed by atoms with Crippen LogP contribution in [-0.4, -0.2) is 62.0 Å². The van der Waals surface area contributed by atoms with Crippen molar-refractivity contribution in [1.82, 2.24) is 29.9 Å². The second-order valence-electron chi connectivity index (χ2n) is 7.33. The number of para-hydroxylation sites is 2. The highest BCUT2D eigenvalue weighted by Gasteiger charge is 2.24. The number of amides is 1. The van der Waals surface area contributed by atoms with Crippen LogP contribution in [-0.2, 0) is 6.54 Å². The Morgan fingerprint density at radius 1 is 0.968 bits per heavy atom. The van der Waals surface area contributed by atoms with Crippen molar-refractivity contribution in [2.45, 2.75) is 6.54 Å². The molecule has 3 heterocycles. The van der Waals surface area contributed by atoms with E-state index in [1.165, 1.54) is 0 Å². The molecule has 2 aromatic carbocycles. The quantitative estimate of drug-likeness (QED) is 0.487. The van der Waals surface area contributed by atoms with Gasteiger partial charge in [0.2, 0.25) is 11.7 Å². The number of nitrogens with zero attached hydrogens (tertiary/aromatic N) is 6. The SMILES string of the molecule is O=C(c1cnc2ccccc2n1)N1CCN(Cc2nc(-c3ccc(Cl)cc3)no2)CC1. The second kappa shape index (κ2) is 8.41. The third-order valence-electron chi connectivity index (χ3n) is 5.26. The van der Waals surface area contributed by atoms with Gasteiger partial charge in [0.1, 0.15) is 5.69 Å². The summed E-state index contributed by atoms with van der Waals surface area (Å²) in [4.78, 5) is 30.1. The lowest BCUT2D eigenvalue weighted by atomic mass is 10.2. The Balaban J connectivity index is 1.19. The maximum atomic E-state index is 12.8. The van der Waals surface area contributed by atoms with Gasteiger partial charge in [-0.05, 0) is 36.4 Å². The summed E-state index contributed by atoms with van der Waals surface area (Å²) in [6, 6.07) is 14.8. The number of halogens is 1. The lowest BCUT2D eigenvalue weighted by Gasteiger charge is -2.33. The molecule has 1 amide bonds. The van der Waals surface area contributed by atoms with E-state index in [0.29, 0.717) is 55.2 Å². The van der Waals surface area contributed by atoms with E-state index in [9.17, 15) is 4.79 Å². The van der Waals surface area contributed by atoms with Gasteiger partial charge < -0.3 is 9.42 Å². The smallest absolute Gasteiger partial charge is 0.274 e. The largest absolute Gasteiger partial charge is 0.338 e. The number of rotatable bonds is 4. The molecular weight excluding hydrogens is 416 g/mol. The van der Waals surface area contributed by atoms with Crippen molar-refractivity contribution in [2.75, 3.05) is 26.2 Å². The van der Waals surface area contributed by atoms with E-state index in [0.717, 1.165) is 16.6 Å². The van der Waals surface area contributed by atoms with Gasteiger partial charge in [0.25, 0.3) is 5.91 Å². The zero-order chi connectivity index (χ0) is 21.2. The van der Waals surface area contributed by atoms with Gasteiger partial charge in [-0.3, -0.25) is 14.7 Å². The minimum Gasteiger partial charge on any atom is -0.338 e. The lowest BCUT2D eigenvalue weighted by Crippen LogP contribution is -2.48. The Morgan fingerprint density at radius 3 is 2.48 bits per heavy atom. The number of aromatic nitrogens is 4. The third kappa shape index (κ3) is 4.26. The number of benzene rings is 2. The first kappa shape index (κ1) is 19.6. The number of hydrogen-bond acceptors (Lipinski definition) is 7. The molecule has 0 saturated carbocycles. The number of carbonyl (C=O) groups is 1. The van der Waals surface area contributed by atoms with Crippen LogP contribution in [0.1, 0.15) is 16.4 Å². The molecule has 0 aliphatic carbocycles. The van der Waals surface area contributed by atoms with Crippen molar-refractivity contribution in [2.24, 2.45) is 0 Å². The first-order valence-electron chi connectivity index (χ1n) is 9.98. The molecular formula is C22H19ClN6O2. The molecule has 0 radical (unpaired) electrons. The second-order valence-corrected chi connectivity index (χ2v) is 7.77. The van der Waals surface area contributed by atoms with E-state index in [2.05, 4.69) is 25.0 Å². The number of carbonyl (C=O) groups excluding carboxylic acids is 1. The van der Waals surface area contributed by atoms with Gasteiger partial charge in [-0.2, -0.15) is 4.98 Å². The van der Waals surface area contributed by atoms with Crippen molar-refractivity contribution in [1.29, 1.82) is 0 Å². The molecule has 1 aliphatic rings. The summed E-state index contributed by atoms with van der Waals surface area (Å²) < 4.78 is 5.40. The van der Waals surface area contributed by atoms with Crippen LogP contribution >= 0.6 is 11.6 Å². The van der Waals surface area contributed by atoms with Crippen LogP contribution in [0.4, 0.5) is 0 Å². The number of fused-ring (bicyclic) bond motifs is 1. The molecule has 31 heavy (non-hydrogen) atoms. The van der Waals surface area contributed by atoms with Crippen molar-refractivity contribution < 1.29 is 9.32 Å². The van der Waals surface area contributed by atoms with Crippen LogP contribution in [0.3, 0.4) is 0 Å². The average molecular weight is 435 g/mol. The van der Waals surface area contributed by atoms with Gasteiger partial charge in [-0.25, -0.2) is 4.98 Å². The Bertz CT molecular complexity index is 1220. The van der Waals surface area contributed by atoms with E-state index < -0.39 is 0 Å². The molecule has 0 N–H and O–H groups in total. The summed E-state index contributed by atoms with van der Waals surface area (Å²) in [5.41, 5.74) is 2.73. The minimum atomic E-state index is -0.0966. The fourth-order valence-corrected chi connectivity index (χ4v) is 3.68. The summed E-state index contributed by atoms with van der Waals surface area (Å²) in [7, 11) is 0. The topological polar surface area (TPSA) is 88.3 Å². The van der Waals surface area contributed by atoms with Crippen LogP contribution in [0.15, 0.2) is 59.3 Å². The molecule has 2 aromatic heterocycles. The van der Waals surface area contributed by atoms with Gasteiger partial charge in [0.05, 0.1) is 23.8 Å². The minimum absolute atomic E-state index is 0.0966. The summed E-state index contributed by atoms with van der Waals surface area (Å²) in [5, 5.41) is 4.72. The normalized spacial score (nSPS) is 14.8. The highest BCUT2D eigenvalue weighted by atomic mass is 35.5. The van der Waals surface area contributed by atoms with Gasteiger partial charge >= 0.3 is 0 Å². The van der Waals surface area contributed by atoms with Crippen LogP contribution in [0.25, 0.3) is 22.4 Å². The van der Waals surface area contributed by atoms with Crippen LogP contribution in [0.2, 0.25) is 5.02 Å². The van der Waals surface area contributed by atoms with E-state index >= 15 is 0 Å². The molecule has 1 aliphatic heterocycles. The summed E-state index contributed by atoms with van der Waals surface area (Å²) in [5.74, 6) is 0.987. The molecule has 0 unspecified atom stereocenters. The molecule has 0 bridgehead atoms. The van der Waals surface area contributed by atoms with Gasteiger partial charge in [0.15, 0.2) is 0 Å². The maximum absolute atomic E-state index is 12.8. The van der Waals surface area contributed by atoms with Gasteiger partial charge in [-0.15, -0.1) is 0 Å². The third-order valence-corrected chi connectivity index (χ3v) is 5.51. The van der Waals surface area contributed by atoms with Crippen molar-refractivity contribution in [3.05, 3.63) is 71.3 Å². The molecule has 8 nitrogen and oxygen atoms in total. The summed E-state index contributed by atoms with van der Waals surface area (Å²) in [6.45, 7) is 3.17. The highest BCUT2D eigenvalue weighted by Crippen LogP contribution is 2.19. The van der Waals surface area contributed by atoms with Crippen molar-refractivity contribution >= 4 is 28.5 Å². The Hall–Kier alpha value is -3.36. The fraction of sp³-hybridized carbons (Fsp3) is 0.227. The maximum Gasteiger partial charge on any atom is 0.274 e. The number of piperazine rings is 1. The van der Waals surface area contributed by atoms with Crippen molar-refractivity contribution in [3.8, 4) is 11.4 Å². The van der Waals surface area contributed by atoms with Gasteiger partial charge in [-0.1, -0.05) is 28.9 Å². The van der Waals surface area contributed by atoms with E-state index in [-0.39, 0.29) is 5.91 Å².